The van der Waals surface area contributed by atoms with Crippen molar-refractivity contribution in [3.8, 4) is 0 Å². The van der Waals surface area contributed by atoms with E-state index in [4.69, 9.17) is 5.73 Å². The van der Waals surface area contributed by atoms with Crippen molar-refractivity contribution >= 4 is 29.9 Å². The van der Waals surface area contributed by atoms with Crippen LogP contribution in [0.4, 0.5) is 5.69 Å². The van der Waals surface area contributed by atoms with Crippen LogP contribution in [0.25, 0.3) is 0 Å². The summed E-state index contributed by atoms with van der Waals surface area (Å²) in [6, 6.07) is 5.52. The molecule has 1 aliphatic rings. The van der Waals surface area contributed by atoms with E-state index in [-0.39, 0.29) is 36.7 Å². The van der Waals surface area contributed by atoms with Gasteiger partial charge in [0.1, 0.15) is 0 Å². The van der Waals surface area contributed by atoms with E-state index in [1.54, 1.807) is 13.0 Å². The van der Waals surface area contributed by atoms with Gasteiger partial charge in [-0.1, -0.05) is 19.1 Å². The van der Waals surface area contributed by atoms with E-state index >= 15 is 0 Å². The molecule has 1 saturated heterocycles. The minimum absolute atomic E-state index is 0. The minimum Gasteiger partial charge on any atom is -0.339 e. The number of hydrogen-bond donors (Lipinski definition) is 2. The fourth-order valence-corrected chi connectivity index (χ4v) is 2.50. The summed E-state index contributed by atoms with van der Waals surface area (Å²) in [5, 5.41) is 2.84. The third-order valence-electron chi connectivity index (χ3n) is 3.94. The number of nitrogens with two attached hydrogens (primary N) is 1. The normalized spacial score (nSPS) is 15.1. The zero-order valence-corrected chi connectivity index (χ0v) is 13.9. The topological polar surface area (TPSA) is 75.4 Å². The number of amides is 2. The van der Waals surface area contributed by atoms with Crippen molar-refractivity contribution in [2.45, 2.75) is 26.7 Å². The SMILES string of the molecule is Cc1cccc(NC(=O)C(C)CN)c1C(=O)N1CCCC1.Cl. The van der Waals surface area contributed by atoms with Crippen LogP contribution in [0.1, 0.15) is 35.7 Å². The molecular weight excluding hydrogens is 302 g/mol. The second-order valence-electron chi connectivity index (χ2n) is 5.62. The monoisotopic (exact) mass is 325 g/mol. The molecule has 0 radical (unpaired) electrons. The molecule has 3 N–H and O–H groups in total. The van der Waals surface area contributed by atoms with E-state index < -0.39 is 0 Å². The summed E-state index contributed by atoms with van der Waals surface area (Å²) in [5.74, 6) is -0.430. The molecule has 1 aromatic carbocycles. The van der Waals surface area contributed by atoms with E-state index in [2.05, 4.69) is 5.32 Å². The number of nitrogens with zero attached hydrogens (tertiary/aromatic N) is 1. The molecule has 1 atom stereocenters. The highest BCUT2D eigenvalue weighted by Crippen LogP contribution is 2.24. The molecule has 0 aromatic heterocycles. The Hall–Kier alpha value is -1.59. The summed E-state index contributed by atoms with van der Waals surface area (Å²) in [7, 11) is 0. The highest BCUT2D eigenvalue weighted by molar-refractivity contribution is 6.05. The molecule has 0 spiro atoms. The maximum Gasteiger partial charge on any atom is 0.256 e. The van der Waals surface area contributed by atoms with Gasteiger partial charge in [-0.2, -0.15) is 0 Å². The first-order chi connectivity index (χ1) is 10.0. The molecule has 2 rings (SSSR count). The van der Waals surface area contributed by atoms with Gasteiger partial charge >= 0.3 is 0 Å². The van der Waals surface area contributed by atoms with Crippen LogP contribution in [0.15, 0.2) is 18.2 Å². The zero-order valence-electron chi connectivity index (χ0n) is 13.1. The first-order valence-corrected chi connectivity index (χ1v) is 7.44. The van der Waals surface area contributed by atoms with Gasteiger partial charge in [0.05, 0.1) is 11.3 Å². The number of anilines is 1. The Morgan fingerprint density at radius 2 is 1.95 bits per heavy atom. The molecule has 0 bridgehead atoms. The van der Waals surface area contributed by atoms with Gasteiger partial charge in [0.25, 0.3) is 5.91 Å². The minimum atomic E-state index is -0.278. The van der Waals surface area contributed by atoms with Gasteiger partial charge in [0.2, 0.25) is 5.91 Å². The summed E-state index contributed by atoms with van der Waals surface area (Å²) >= 11 is 0. The lowest BCUT2D eigenvalue weighted by Gasteiger charge is -2.20. The van der Waals surface area contributed by atoms with Crippen molar-refractivity contribution in [2.75, 3.05) is 25.0 Å². The fourth-order valence-electron chi connectivity index (χ4n) is 2.50. The van der Waals surface area contributed by atoms with Crippen molar-refractivity contribution < 1.29 is 9.59 Å². The van der Waals surface area contributed by atoms with Crippen molar-refractivity contribution in [3.05, 3.63) is 29.3 Å². The summed E-state index contributed by atoms with van der Waals surface area (Å²) in [6.07, 6.45) is 2.09. The molecule has 0 saturated carbocycles. The summed E-state index contributed by atoms with van der Waals surface area (Å²) in [5.41, 5.74) is 7.57. The molecule has 1 heterocycles. The van der Waals surface area contributed by atoms with E-state index in [0.29, 0.717) is 11.3 Å². The van der Waals surface area contributed by atoms with E-state index in [0.717, 1.165) is 31.5 Å². The number of aryl methyl sites for hydroxylation is 1. The smallest absolute Gasteiger partial charge is 0.256 e. The van der Waals surface area contributed by atoms with E-state index in [1.165, 1.54) is 0 Å². The average Bonchev–Trinajstić information content (AvgIpc) is 3.00. The number of halogens is 1. The standard InChI is InChI=1S/C16H23N3O2.ClH/c1-11-6-5-7-13(18-15(20)12(2)10-17)14(11)16(21)19-8-3-4-9-19;/h5-7,12H,3-4,8-10,17H2,1-2H3,(H,18,20);1H. The summed E-state index contributed by atoms with van der Waals surface area (Å²) in [6.45, 7) is 5.53. The Bertz CT molecular complexity index is 542. The quantitative estimate of drug-likeness (QED) is 0.891. The maximum atomic E-state index is 12.7. The van der Waals surface area contributed by atoms with Crippen LogP contribution in [0, 0.1) is 12.8 Å². The molecule has 6 heteroatoms. The number of carbonyl (C=O) groups excluding carboxylic acids is 2. The summed E-state index contributed by atoms with van der Waals surface area (Å²) in [4.78, 5) is 26.5. The molecule has 1 fully saturated rings. The molecule has 22 heavy (non-hydrogen) atoms. The second kappa shape index (κ2) is 8.15. The third kappa shape index (κ3) is 3.99. The van der Waals surface area contributed by atoms with Gasteiger partial charge in [0, 0.05) is 25.6 Å². The molecule has 1 unspecified atom stereocenters. The Balaban J connectivity index is 0.00000242. The largest absolute Gasteiger partial charge is 0.339 e. The number of benzene rings is 1. The number of rotatable bonds is 4. The third-order valence-corrected chi connectivity index (χ3v) is 3.94. The van der Waals surface area contributed by atoms with Crippen LogP contribution in [0.2, 0.25) is 0 Å². The molecule has 5 nitrogen and oxygen atoms in total. The Labute approximate surface area is 137 Å². The van der Waals surface area contributed by atoms with Crippen LogP contribution in [-0.2, 0) is 4.79 Å². The predicted molar refractivity (Wildman–Crippen MR) is 90.4 cm³/mol. The van der Waals surface area contributed by atoms with Crippen molar-refractivity contribution in [3.63, 3.8) is 0 Å². The molecule has 122 valence electrons. The molecule has 1 aromatic rings. The highest BCUT2D eigenvalue weighted by atomic mass is 35.5. The van der Waals surface area contributed by atoms with Crippen molar-refractivity contribution in [1.29, 1.82) is 0 Å². The first kappa shape index (κ1) is 18.5. The number of likely N-dealkylation sites (tertiary alicyclic amines) is 1. The number of hydrogen-bond acceptors (Lipinski definition) is 3. The Kier molecular flexibility index (Phi) is 6.84. The lowest BCUT2D eigenvalue weighted by molar-refractivity contribution is -0.119. The lowest BCUT2D eigenvalue weighted by atomic mass is 10.0. The summed E-state index contributed by atoms with van der Waals surface area (Å²) < 4.78 is 0. The van der Waals surface area contributed by atoms with Crippen molar-refractivity contribution in [1.82, 2.24) is 4.90 Å². The second-order valence-corrected chi connectivity index (χ2v) is 5.62. The first-order valence-electron chi connectivity index (χ1n) is 7.44. The van der Waals surface area contributed by atoms with Crippen molar-refractivity contribution in [2.24, 2.45) is 11.7 Å². The van der Waals surface area contributed by atoms with Crippen LogP contribution in [0.5, 0.6) is 0 Å². The average molecular weight is 326 g/mol. The molecule has 0 aliphatic carbocycles. The highest BCUT2D eigenvalue weighted by Gasteiger charge is 2.24. The fraction of sp³-hybridized carbons (Fsp3) is 0.500. The van der Waals surface area contributed by atoms with Gasteiger partial charge in [-0.15, -0.1) is 12.4 Å². The Morgan fingerprint density at radius 1 is 1.32 bits per heavy atom. The molecule has 2 amide bonds. The van der Waals surface area contributed by atoms with Gasteiger partial charge in [-0.3, -0.25) is 9.59 Å². The Morgan fingerprint density at radius 3 is 2.55 bits per heavy atom. The van der Waals surface area contributed by atoms with Gasteiger partial charge < -0.3 is 16.0 Å². The lowest BCUT2D eigenvalue weighted by Crippen LogP contribution is -2.31. The molecule has 1 aliphatic heterocycles. The maximum absolute atomic E-state index is 12.7. The van der Waals surface area contributed by atoms with Crippen LogP contribution >= 0.6 is 12.4 Å². The van der Waals surface area contributed by atoms with E-state index in [9.17, 15) is 9.59 Å². The van der Waals surface area contributed by atoms with Crippen LogP contribution in [-0.4, -0.2) is 36.3 Å². The zero-order chi connectivity index (χ0) is 15.4. The predicted octanol–water partition coefficient (Wildman–Crippen LogP) is 2.19. The number of nitrogens with one attached hydrogen (secondary N) is 1. The van der Waals surface area contributed by atoms with Crippen LogP contribution < -0.4 is 11.1 Å². The molecular formula is C16H24ClN3O2. The number of carbonyl (C=O) groups is 2. The van der Waals surface area contributed by atoms with E-state index in [1.807, 2.05) is 24.0 Å². The van der Waals surface area contributed by atoms with Gasteiger partial charge in [-0.05, 0) is 31.4 Å². The van der Waals surface area contributed by atoms with Crippen LogP contribution in [0.3, 0.4) is 0 Å². The van der Waals surface area contributed by atoms with Gasteiger partial charge in [-0.25, -0.2) is 0 Å². The van der Waals surface area contributed by atoms with Gasteiger partial charge in [0.15, 0.2) is 0 Å².